The predicted molar refractivity (Wildman–Crippen MR) is 46.9 cm³/mol. The Labute approximate surface area is 63.5 Å². The highest BCUT2D eigenvalue weighted by atomic mass is 32.2. The van der Waals surface area contributed by atoms with Gasteiger partial charge in [-0.2, -0.15) is 0 Å². The van der Waals surface area contributed by atoms with Crippen molar-refractivity contribution in [3.63, 3.8) is 0 Å². The van der Waals surface area contributed by atoms with Gasteiger partial charge >= 0.3 is 0 Å². The van der Waals surface area contributed by atoms with Crippen molar-refractivity contribution < 1.29 is 8.76 Å². The van der Waals surface area contributed by atoms with Crippen molar-refractivity contribution in [2.75, 3.05) is 0 Å². The lowest BCUT2D eigenvalue weighted by molar-refractivity contribution is 0.550. The Kier molecular flexibility index (Phi) is 3.98. The van der Waals surface area contributed by atoms with Crippen molar-refractivity contribution in [1.29, 1.82) is 0 Å². The highest BCUT2D eigenvalue weighted by molar-refractivity contribution is 7.96. The zero-order valence-corrected chi connectivity index (χ0v) is 7.65. The summed E-state index contributed by atoms with van der Waals surface area (Å²) in [6.07, 6.45) is 1.66. The van der Waals surface area contributed by atoms with Gasteiger partial charge in [0.05, 0.1) is 9.80 Å². The number of hydrogen-bond donors (Lipinski definition) is 1. The molecule has 3 heteroatoms. The van der Waals surface area contributed by atoms with Gasteiger partial charge < -0.3 is 4.55 Å². The Bertz CT molecular complexity index is 188. The van der Waals surface area contributed by atoms with E-state index in [1.807, 2.05) is 6.92 Å². The average Bonchev–Trinajstić information content (AvgIpc) is 1.84. The fourth-order valence-electron chi connectivity index (χ4n) is 0.479. The molecule has 0 aromatic carbocycles. The quantitative estimate of drug-likeness (QED) is 0.645. The van der Waals surface area contributed by atoms with E-state index in [0.717, 1.165) is 12.8 Å². The molecule has 0 bridgehead atoms. The second kappa shape index (κ2) is 3.98. The maximum Gasteiger partial charge on any atom is 0.0800 e. The lowest BCUT2D eigenvalue weighted by Gasteiger charge is -2.05. The molecule has 0 aromatic heterocycles. The Hall–Kier alpha value is -0.0200. The van der Waals surface area contributed by atoms with Crippen LogP contribution < -0.4 is 0 Å². The molecule has 0 aliphatic heterocycles. The topological polar surface area (TPSA) is 37.3 Å². The van der Waals surface area contributed by atoms with Crippen LogP contribution in [-0.4, -0.2) is 19.4 Å². The first-order chi connectivity index (χ1) is 4.50. The summed E-state index contributed by atoms with van der Waals surface area (Å²) in [5.41, 5.74) is 0. The van der Waals surface area contributed by atoms with Gasteiger partial charge in [-0.1, -0.05) is 13.3 Å². The van der Waals surface area contributed by atoms with E-state index in [-0.39, 0.29) is 5.25 Å². The van der Waals surface area contributed by atoms with Gasteiger partial charge in [-0.05, 0) is 25.6 Å². The van der Waals surface area contributed by atoms with E-state index in [0.29, 0.717) is 0 Å². The minimum atomic E-state index is -2.64. The molecule has 0 saturated carbocycles. The van der Waals surface area contributed by atoms with Crippen molar-refractivity contribution in [1.82, 2.24) is 0 Å². The van der Waals surface area contributed by atoms with Crippen molar-refractivity contribution >= 4 is 15.2 Å². The lowest BCUT2D eigenvalue weighted by atomic mass is 10.4. The van der Waals surface area contributed by atoms with Gasteiger partial charge in [0.1, 0.15) is 0 Å². The standard InChI is InChI=1S/C7H16O2S/c1-4-5-6-10(8,9)7(2)3/h6-7H,4-5H2,1-3H3,(H,8,9). The van der Waals surface area contributed by atoms with Crippen molar-refractivity contribution in [2.24, 2.45) is 0 Å². The SMILES string of the molecule is CCCC=S(=O)(O)C(C)C. The summed E-state index contributed by atoms with van der Waals surface area (Å²) >= 11 is 0. The smallest absolute Gasteiger partial charge is 0.0800 e. The summed E-state index contributed by atoms with van der Waals surface area (Å²) in [6.45, 7) is 5.51. The highest BCUT2D eigenvalue weighted by Gasteiger charge is 2.05. The van der Waals surface area contributed by atoms with E-state index < -0.39 is 9.80 Å². The maximum absolute atomic E-state index is 11.1. The maximum atomic E-state index is 11.1. The van der Waals surface area contributed by atoms with Gasteiger partial charge in [0.25, 0.3) is 0 Å². The molecule has 1 unspecified atom stereocenters. The normalized spacial score (nSPS) is 16.9. The van der Waals surface area contributed by atoms with Crippen LogP contribution in [-0.2, 0) is 9.80 Å². The summed E-state index contributed by atoms with van der Waals surface area (Å²) in [4.78, 5) is 0. The van der Waals surface area contributed by atoms with Gasteiger partial charge in [0, 0.05) is 5.25 Å². The zero-order chi connectivity index (χ0) is 8.20. The number of hydrogen-bond acceptors (Lipinski definition) is 1. The van der Waals surface area contributed by atoms with Crippen molar-refractivity contribution in [3.05, 3.63) is 0 Å². The van der Waals surface area contributed by atoms with Crippen LogP contribution in [0.1, 0.15) is 33.6 Å². The molecule has 0 spiro atoms. The summed E-state index contributed by atoms with van der Waals surface area (Å²) in [6, 6.07) is 0. The average molecular weight is 164 g/mol. The summed E-state index contributed by atoms with van der Waals surface area (Å²) in [5.74, 6) is 0. The predicted octanol–water partition coefficient (Wildman–Crippen LogP) is 1.75. The molecule has 62 valence electrons. The molecule has 0 saturated heterocycles. The van der Waals surface area contributed by atoms with Crippen molar-refractivity contribution in [2.45, 2.75) is 38.9 Å². The molecular formula is C7H16O2S. The monoisotopic (exact) mass is 164 g/mol. The summed E-state index contributed by atoms with van der Waals surface area (Å²) < 4.78 is 20.3. The zero-order valence-electron chi connectivity index (χ0n) is 6.83. The fourth-order valence-corrected chi connectivity index (χ4v) is 1.44. The minimum Gasteiger partial charge on any atom is -0.313 e. The van der Waals surface area contributed by atoms with Gasteiger partial charge in [0.2, 0.25) is 0 Å². The number of unbranched alkanes of at least 4 members (excludes halogenated alkanes) is 1. The Morgan fingerprint density at radius 2 is 2.10 bits per heavy atom. The van der Waals surface area contributed by atoms with Crippen molar-refractivity contribution in [3.8, 4) is 0 Å². The molecule has 0 heterocycles. The third kappa shape index (κ3) is 3.22. The molecule has 0 radical (unpaired) electrons. The lowest BCUT2D eigenvalue weighted by Crippen LogP contribution is -2.14. The van der Waals surface area contributed by atoms with E-state index in [2.05, 4.69) is 0 Å². The van der Waals surface area contributed by atoms with Crippen LogP contribution in [0.25, 0.3) is 0 Å². The largest absolute Gasteiger partial charge is 0.313 e. The van der Waals surface area contributed by atoms with Crippen LogP contribution in [0.3, 0.4) is 0 Å². The molecule has 0 aliphatic rings. The first-order valence-electron chi connectivity index (χ1n) is 3.59. The van der Waals surface area contributed by atoms with Gasteiger partial charge in [0.15, 0.2) is 0 Å². The third-order valence-corrected chi connectivity index (χ3v) is 3.38. The molecule has 0 aliphatic carbocycles. The summed E-state index contributed by atoms with van der Waals surface area (Å²) in [5, 5.41) is 1.37. The molecular weight excluding hydrogens is 148 g/mol. The second-order valence-corrected chi connectivity index (χ2v) is 5.12. The minimum absolute atomic E-state index is 0.154. The van der Waals surface area contributed by atoms with E-state index in [1.54, 1.807) is 13.8 Å². The fraction of sp³-hybridized carbons (Fsp3) is 0.857. The molecule has 1 N–H and O–H groups in total. The van der Waals surface area contributed by atoms with Crippen LogP contribution in [0.5, 0.6) is 0 Å². The molecule has 10 heavy (non-hydrogen) atoms. The molecule has 1 atom stereocenters. The highest BCUT2D eigenvalue weighted by Crippen LogP contribution is 1.98. The second-order valence-electron chi connectivity index (χ2n) is 2.62. The Morgan fingerprint density at radius 3 is 2.40 bits per heavy atom. The third-order valence-electron chi connectivity index (χ3n) is 1.32. The van der Waals surface area contributed by atoms with E-state index in [4.69, 9.17) is 0 Å². The first kappa shape index (κ1) is 9.98. The van der Waals surface area contributed by atoms with Gasteiger partial charge in [-0.25, -0.2) is 4.21 Å². The molecule has 0 aromatic rings. The molecule has 0 rings (SSSR count). The van der Waals surface area contributed by atoms with Gasteiger partial charge in [-0.3, -0.25) is 0 Å². The van der Waals surface area contributed by atoms with E-state index in [9.17, 15) is 8.76 Å². The van der Waals surface area contributed by atoms with Crippen LogP contribution in [0.15, 0.2) is 0 Å². The van der Waals surface area contributed by atoms with Gasteiger partial charge in [-0.15, -0.1) is 0 Å². The number of rotatable bonds is 3. The summed E-state index contributed by atoms with van der Waals surface area (Å²) in [7, 11) is -2.64. The van der Waals surface area contributed by atoms with E-state index >= 15 is 0 Å². The van der Waals surface area contributed by atoms with Crippen LogP contribution >= 0.6 is 0 Å². The molecule has 2 nitrogen and oxygen atoms in total. The Morgan fingerprint density at radius 1 is 1.60 bits per heavy atom. The molecule has 0 fully saturated rings. The van der Waals surface area contributed by atoms with Crippen LogP contribution in [0, 0.1) is 0 Å². The van der Waals surface area contributed by atoms with Crippen LogP contribution in [0.4, 0.5) is 0 Å². The van der Waals surface area contributed by atoms with E-state index in [1.165, 1.54) is 5.37 Å². The first-order valence-corrected chi connectivity index (χ1v) is 5.23. The molecule has 0 amide bonds. The van der Waals surface area contributed by atoms with Crippen LogP contribution in [0.2, 0.25) is 0 Å². The Balaban J connectivity index is 4.24.